The van der Waals surface area contributed by atoms with Crippen LogP contribution in [0.2, 0.25) is 0 Å². The molecule has 1 aromatic rings. The van der Waals surface area contributed by atoms with Crippen LogP contribution in [0.3, 0.4) is 0 Å². The van der Waals surface area contributed by atoms with E-state index in [1.54, 1.807) is 12.1 Å². The molecule has 17 heavy (non-hydrogen) atoms. The van der Waals surface area contributed by atoms with Crippen molar-refractivity contribution in [2.75, 3.05) is 13.2 Å². The third kappa shape index (κ3) is 1.38. The first-order chi connectivity index (χ1) is 8.31. The highest BCUT2D eigenvalue weighted by Gasteiger charge is 2.43. The van der Waals surface area contributed by atoms with Crippen LogP contribution < -0.4 is 4.74 Å². The summed E-state index contributed by atoms with van der Waals surface area (Å²) < 4.78 is 5.71. The van der Waals surface area contributed by atoms with Gasteiger partial charge in [0, 0.05) is 24.2 Å². The third-order valence-electron chi connectivity index (χ3n) is 4.60. The Balaban J connectivity index is 1.66. The molecule has 2 bridgehead atoms. The Morgan fingerprint density at radius 1 is 1.29 bits per heavy atom. The smallest absolute Gasteiger partial charge is 0.127 e. The fraction of sp³-hybridized carbons (Fsp3) is 0.571. The number of benzene rings is 1. The number of phenolic OH excluding ortho intramolecular Hbond substituents is 1. The number of ether oxygens (including phenoxy) is 1. The molecule has 2 heterocycles. The molecule has 0 spiro atoms. The van der Waals surface area contributed by atoms with Gasteiger partial charge in [-0.3, -0.25) is 4.90 Å². The Kier molecular flexibility index (Phi) is 1.95. The van der Waals surface area contributed by atoms with Crippen LogP contribution in [0, 0.1) is 5.92 Å². The van der Waals surface area contributed by atoms with Gasteiger partial charge in [-0.15, -0.1) is 0 Å². The van der Waals surface area contributed by atoms with E-state index < -0.39 is 0 Å². The minimum Gasteiger partial charge on any atom is -0.508 e. The second kappa shape index (κ2) is 3.39. The van der Waals surface area contributed by atoms with E-state index in [0.29, 0.717) is 11.8 Å². The molecule has 3 unspecified atom stereocenters. The molecule has 2 fully saturated rings. The summed E-state index contributed by atoms with van der Waals surface area (Å²) in [4.78, 5) is 2.62. The highest BCUT2D eigenvalue weighted by molar-refractivity contribution is 5.44. The third-order valence-corrected chi connectivity index (χ3v) is 4.60. The lowest BCUT2D eigenvalue weighted by Crippen LogP contribution is -2.36. The number of likely N-dealkylation sites (tertiary alicyclic amines) is 1. The Morgan fingerprint density at radius 2 is 2.24 bits per heavy atom. The zero-order valence-corrected chi connectivity index (χ0v) is 9.80. The Labute approximate surface area is 101 Å². The van der Waals surface area contributed by atoms with Crippen molar-refractivity contribution in [3.63, 3.8) is 0 Å². The maximum absolute atomic E-state index is 9.46. The van der Waals surface area contributed by atoms with Gasteiger partial charge in [-0.25, -0.2) is 0 Å². The van der Waals surface area contributed by atoms with E-state index in [1.165, 1.54) is 31.4 Å². The SMILES string of the molecule is Oc1ccc2c(c1)OCC2N1CC2CCC1C2. The van der Waals surface area contributed by atoms with Crippen molar-refractivity contribution in [3.8, 4) is 11.5 Å². The zero-order chi connectivity index (χ0) is 11.4. The quantitative estimate of drug-likeness (QED) is 0.805. The summed E-state index contributed by atoms with van der Waals surface area (Å²) >= 11 is 0. The van der Waals surface area contributed by atoms with Crippen LogP contribution in [0.15, 0.2) is 18.2 Å². The van der Waals surface area contributed by atoms with Crippen molar-refractivity contribution in [1.82, 2.24) is 4.90 Å². The number of aromatic hydroxyl groups is 1. The van der Waals surface area contributed by atoms with Gasteiger partial charge in [0.2, 0.25) is 0 Å². The van der Waals surface area contributed by atoms with Gasteiger partial charge in [-0.05, 0) is 37.3 Å². The maximum atomic E-state index is 9.46. The summed E-state index contributed by atoms with van der Waals surface area (Å²) in [5.41, 5.74) is 1.26. The van der Waals surface area contributed by atoms with Crippen LogP contribution >= 0.6 is 0 Å². The predicted octanol–water partition coefficient (Wildman–Crippen LogP) is 2.31. The van der Waals surface area contributed by atoms with Gasteiger partial charge in [0.1, 0.15) is 18.1 Å². The summed E-state index contributed by atoms with van der Waals surface area (Å²) in [6, 6.07) is 6.72. The Morgan fingerprint density at radius 3 is 3.00 bits per heavy atom. The average Bonchev–Trinajstić information content (AvgIpc) is 3.01. The van der Waals surface area contributed by atoms with E-state index in [0.717, 1.165) is 24.3 Å². The number of hydrogen-bond donors (Lipinski definition) is 1. The topological polar surface area (TPSA) is 32.7 Å². The van der Waals surface area contributed by atoms with E-state index >= 15 is 0 Å². The lowest BCUT2D eigenvalue weighted by Gasteiger charge is -2.31. The first-order valence-corrected chi connectivity index (χ1v) is 6.53. The second-order valence-electron chi connectivity index (χ2n) is 5.58. The van der Waals surface area contributed by atoms with E-state index in [1.807, 2.05) is 6.07 Å². The molecule has 1 aromatic carbocycles. The van der Waals surface area contributed by atoms with Crippen molar-refractivity contribution < 1.29 is 9.84 Å². The largest absolute Gasteiger partial charge is 0.508 e. The zero-order valence-electron chi connectivity index (χ0n) is 9.80. The first-order valence-electron chi connectivity index (χ1n) is 6.53. The predicted molar refractivity (Wildman–Crippen MR) is 64.2 cm³/mol. The van der Waals surface area contributed by atoms with Crippen molar-refractivity contribution in [2.24, 2.45) is 5.92 Å². The molecule has 1 saturated carbocycles. The van der Waals surface area contributed by atoms with Crippen molar-refractivity contribution in [1.29, 1.82) is 0 Å². The van der Waals surface area contributed by atoms with Gasteiger partial charge in [-0.2, -0.15) is 0 Å². The summed E-state index contributed by atoms with van der Waals surface area (Å²) in [5.74, 6) is 2.09. The molecular formula is C14H17NO2. The normalized spacial score (nSPS) is 34.9. The summed E-state index contributed by atoms with van der Waals surface area (Å²) in [6.07, 6.45) is 4.15. The summed E-state index contributed by atoms with van der Waals surface area (Å²) in [6.45, 7) is 1.99. The minimum absolute atomic E-state index is 0.298. The molecular weight excluding hydrogens is 214 g/mol. The maximum Gasteiger partial charge on any atom is 0.127 e. The van der Waals surface area contributed by atoms with E-state index in [2.05, 4.69) is 4.90 Å². The van der Waals surface area contributed by atoms with Crippen LogP contribution in [0.5, 0.6) is 11.5 Å². The first kappa shape index (κ1) is 9.77. The van der Waals surface area contributed by atoms with Crippen molar-refractivity contribution in [2.45, 2.75) is 31.3 Å². The van der Waals surface area contributed by atoms with E-state index in [4.69, 9.17) is 4.74 Å². The van der Waals surface area contributed by atoms with Crippen LogP contribution in [-0.4, -0.2) is 29.2 Å². The molecule has 3 heteroatoms. The molecule has 1 saturated heterocycles. The van der Waals surface area contributed by atoms with Crippen LogP contribution in [0.1, 0.15) is 30.9 Å². The molecule has 0 radical (unpaired) electrons. The molecule has 3 aliphatic rings. The van der Waals surface area contributed by atoms with Crippen LogP contribution in [0.4, 0.5) is 0 Å². The summed E-state index contributed by atoms with van der Waals surface area (Å²) in [5, 5.41) is 9.46. The fourth-order valence-electron chi connectivity index (χ4n) is 3.80. The van der Waals surface area contributed by atoms with Crippen LogP contribution in [0.25, 0.3) is 0 Å². The molecule has 2 aliphatic heterocycles. The lowest BCUT2D eigenvalue weighted by molar-refractivity contribution is 0.126. The van der Waals surface area contributed by atoms with Crippen molar-refractivity contribution in [3.05, 3.63) is 23.8 Å². The van der Waals surface area contributed by atoms with Gasteiger partial charge in [0.15, 0.2) is 0 Å². The molecule has 3 atom stereocenters. The Hall–Kier alpha value is -1.22. The van der Waals surface area contributed by atoms with Gasteiger partial charge in [0.05, 0.1) is 6.04 Å². The number of phenols is 1. The second-order valence-corrected chi connectivity index (χ2v) is 5.58. The molecule has 3 nitrogen and oxygen atoms in total. The highest BCUT2D eigenvalue weighted by Crippen LogP contribution is 2.46. The fourth-order valence-corrected chi connectivity index (χ4v) is 3.80. The van der Waals surface area contributed by atoms with Gasteiger partial charge >= 0.3 is 0 Å². The lowest BCUT2D eigenvalue weighted by atomic mass is 10.0. The number of piperidine rings is 1. The molecule has 4 rings (SSSR count). The standard InChI is InChI=1S/C14H17NO2/c16-11-3-4-12-13(8-17-14(12)6-11)15-7-9-1-2-10(15)5-9/h3-4,6,9-10,13,16H,1-2,5,7-8H2. The average molecular weight is 231 g/mol. The summed E-state index contributed by atoms with van der Waals surface area (Å²) in [7, 11) is 0. The monoisotopic (exact) mass is 231 g/mol. The molecule has 0 amide bonds. The van der Waals surface area contributed by atoms with Gasteiger partial charge < -0.3 is 9.84 Å². The van der Waals surface area contributed by atoms with Crippen LogP contribution in [-0.2, 0) is 0 Å². The number of hydrogen-bond acceptors (Lipinski definition) is 3. The number of nitrogens with zero attached hydrogens (tertiary/aromatic N) is 1. The Bertz CT molecular complexity index is 460. The number of fused-ring (bicyclic) bond motifs is 3. The van der Waals surface area contributed by atoms with E-state index in [9.17, 15) is 5.11 Å². The highest BCUT2D eigenvalue weighted by atomic mass is 16.5. The van der Waals surface area contributed by atoms with Crippen molar-refractivity contribution >= 4 is 0 Å². The molecule has 90 valence electrons. The number of rotatable bonds is 1. The molecule has 1 N–H and O–H groups in total. The molecule has 1 aliphatic carbocycles. The molecule has 0 aromatic heterocycles. The van der Waals surface area contributed by atoms with Gasteiger partial charge in [0.25, 0.3) is 0 Å². The van der Waals surface area contributed by atoms with Gasteiger partial charge in [-0.1, -0.05) is 0 Å². The van der Waals surface area contributed by atoms with E-state index in [-0.39, 0.29) is 0 Å². The minimum atomic E-state index is 0.298.